The highest BCUT2D eigenvalue weighted by Crippen LogP contribution is 2.44. The van der Waals surface area contributed by atoms with Crippen molar-refractivity contribution < 1.29 is 14.7 Å². The molecule has 3 rings (SSSR count). The van der Waals surface area contributed by atoms with Crippen LogP contribution in [0.4, 0.5) is 10.5 Å². The van der Waals surface area contributed by atoms with E-state index in [1.807, 2.05) is 49.9 Å². The van der Waals surface area contributed by atoms with Gasteiger partial charge in [-0.2, -0.15) is 0 Å². The molecule has 0 spiro atoms. The van der Waals surface area contributed by atoms with Crippen molar-refractivity contribution in [1.82, 2.24) is 18.9 Å². The van der Waals surface area contributed by atoms with Crippen molar-refractivity contribution in [1.29, 1.82) is 0 Å². The monoisotopic (exact) mass is 370 g/mol. The Labute approximate surface area is 159 Å². The number of carbonyl (C=O) groups excluding carboxylic acids is 2. The highest BCUT2D eigenvalue weighted by Gasteiger charge is 2.47. The van der Waals surface area contributed by atoms with Gasteiger partial charge in [0.15, 0.2) is 0 Å². The lowest BCUT2D eigenvalue weighted by Gasteiger charge is -2.46. The van der Waals surface area contributed by atoms with Gasteiger partial charge in [-0.3, -0.25) is 0 Å². The summed E-state index contributed by atoms with van der Waals surface area (Å²) in [6.45, 7) is 7.63. The van der Waals surface area contributed by atoms with Gasteiger partial charge >= 0.3 is 5.91 Å². The Kier molecular flexibility index (Phi) is 4.82. The number of aromatic nitrogens is 2. The number of hydrogen-bond donors (Lipinski definition) is 0. The lowest BCUT2D eigenvalue weighted by atomic mass is 9.88. The molecule has 0 radical (unpaired) electrons. The zero-order valence-electron chi connectivity index (χ0n) is 16.5. The van der Waals surface area contributed by atoms with Gasteiger partial charge in [0.2, 0.25) is 0 Å². The number of carboxylic acid groups (broad SMARTS) is 1. The normalized spacial score (nSPS) is 24.3. The van der Waals surface area contributed by atoms with Crippen molar-refractivity contribution in [3.63, 3.8) is 0 Å². The van der Waals surface area contributed by atoms with Crippen LogP contribution in [-0.4, -0.2) is 46.1 Å². The summed E-state index contributed by atoms with van der Waals surface area (Å²) in [6, 6.07) is 5.46. The second kappa shape index (κ2) is 6.81. The Bertz CT molecular complexity index is 891. The molecule has 7 nitrogen and oxygen atoms in total. The number of hydrogen-bond acceptors (Lipinski definition) is 4. The molecule has 0 fully saturated rings. The molecule has 2 aromatic rings. The molecule has 0 aliphatic carbocycles. The minimum absolute atomic E-state index is 0.0323. The van der Waals surface area contributed by atoms with Crippen molar-refractivity contribution in [2.75, 3.05) is 13.6 Å². The van der Waals surface area contributed by atoms with Gasteiger partial charge in [0, 0.05) is 36.5 Å². The average molecular weight is 370 g/mol. The summed E-state index contributed by atoms with van der Waals surface area (Å²) in [5.74, 6) is 0.0323. The summed E-state index contributed by atoms with van der Waals surface area (Å²) in [5.41, 5.74) is 3.47. The van der Waals surface area contributed by atoms with Gasteiger partial charge in [0.05, 0.1) is 38.1 Å². The number of aryl methyl sites for hydroxylation is 1. The molecular formula is C20H26N4O3. The number of amides is 2. The fourth-order valence-corrected chi connectivity index (χ4v) is 4.11. The maximum atomic E-state index is 12.5. The number of quaternary nitrogens is 1. The molecule has 2 heterocycles. The first-order valence-corrected chi connectivity index (χ1v) is 9.20. The van der Waals surface area contributed by atoms with E-state index in [2.05, 4.69) is 4.98 Å². The van der Waals surface area contributed by atoms with Crippen molar-refractivity contribution in [3.05, 3.63) is 42.0 Å². The molecule has 3 atom stereocenters. The Morgan fingerprint density at radius 3 is 2.63 bits per heavy atom. The van der Waals surface area contributed by atoms with Crippen LogP contribution in [0.3, 0.4) is 0 Å². The lowest BCUT2D eigenvalue weighted by Crippen LogP contribution is -2.60. The lowest BCUT2D eigenvalue weighted by molar-refractivity contribution is -0.268. The van der Waals surface area contributed by atoms with Gasteiger partial charge in [-0.05, 0) is 32.9 Å². The third-order valence-electron chi connectivity index (χ3n) is 5.93. The number of nitrogens with zero attached hydrogens (tertiary/aromatic N) is 4. The van der Waals surface area contributed by atoms with Crippen molar-refractivity contribution in [2.24, 2.45) is 0 Å². The summed E-state index contributed by atoms with van der Waals surface area (Å²) in [7, 11) is 1.90. The minimum atomic E-state index is -1.19. The van der Waals surface area contributed by atoms with Crippen LogP contribution >= 0.6 is 0 Å². The van der Waals surface area contributed by atoms with Crippen LogP contribution in [0.15, 0.2) is 30.7 Å². The van der Waals surface area contributed by atoms with E-state index in [0.717, 1.165) is 22.6 Å². The molecule has 1 aromatic heterocycles. The fraction of sp³-hybridized carbons (Fsp3) is 0.450. The fourth-order valence-electron chi connectivity index (χ4n) is 4.11. The molecule has 0 N–H and O–H groups in total. The molecular weight excluding hydrogens is 344 g/mol. The standard InChI is InChI=1S/C20H26N4O3/c1-6-23(20(26)27)18-9-14(3)24(5,15(4)25)19-8-7-16(10-17(18)19)22-11-13(2)21-12-22/h7-8,10-12,14,18H,6,9H2,1-5H3/t14-,18+,24?/m0/s1. The largest absolute Gasteiger partial charge is 0.530 e. The number of rotatable bonds is 3. The van der Waals surface area contributed by atoms with Crippen LogP contribution in [0.1, 0.15) is 44.5 Å². The number of carbonyl (C=O) groups is 2. The van der Waals surface area contributed by atoms with Crippen LogP contribution in [0.2, 0.25) is 0 Å². The first kappa shape index (κ1) is 19.1. The van der Waals surface area contributed by atoms with E-state index < -0.39 is 6.09 Å². The van der Waals surface area contributed by atoms with Gasteiger partial charge in [-0.15, -0.1) is 0 Å². The van der Waals surface area contributed by atoms with E-state index in [-0.39, 0.29) is 22.5 Å². The molecule has 1 aliphatic rings. The highest BCUT2D eigenvalue weighted by atomic mass is 16.4. The molecule has 1 aliphatic heterocycles. The van der Waals surface area contributed by atoms with Crippen LogP contribution in [0.5, 0.6) is 0 Å². The molecule has 7 heteroatoms. The maximum absolute atomic E-state index is 12.5. The summed E-state index contributed by atoms with van der Waals surface area (Å²) in [6.07, 6.45) is 3.00. The van der Waals surface area contributed by atoms with Crippen LogP contribution < -0.4 is 9.59 Å². The Morgan fingerprint density at radius 2 is 2.11 bits per heavy atom. The zero-order valence-corrected chi connectivity index (χ0v) is 16.5. The van der Waals surface area contributed by atoms with E-state index in [1.54, 1.807) is 20.2 Å². The second-order valence-corrected chi connectivity index (χ2v) is 7.41. The maximum Gasteiger partial charge on any atom is 0.315 e. The Morgan fingerprint density at radius 1 is 1.41 bits per heavy atom. The second-order valence-electron chi connectivity index (χ2n) is 7.41. The zero-order chi connectivity index (χ0) is 19.9. The number of benzene rings is 1. The highest BCUT2D eigenvalue weighted by molar-refractivity contribution is 5.88. The molecule has 0 saturated heterocycles. The average Bonchev–Trinajstić information content (AvgIpc) is 3.05. The molecule has 2 amide bonds. The molecule has 0 saturated carbocycles. The predicted octanol–water partition coefficient (Wildman–Crippen LogP) is 2.16. The third kappa shape index (κ3) is 3.02. The summed E-state index contributed by atoms with van der Waals surface area (Å²) >= 11 is 0. The number of imidazole rings is 1. The summed E-state index contributed by atoms with van der Waals surface area (Å²) in [5, 5.41) is 11.7. The van der Waals surface area contributed by atoms with E-state index >= 15 is 0 Å². The van der Waals surface area contributed by atoms with Crippen molar-refractivity contribution >= 4 is 17.7 Å². The molecule has 1 aromatic carbocycles. The Balaban J connectivity index is 2.22. The van der Waals surface area contributed by atoms with Gasteiger partial charge in [-0.25, -0.2) is 14.3 Å². The minimum Gasteiger partial charge on any atom is -0.530 e. The first-order chi connectivity index (χ1) is 12.7. The smallest absolute Gasteiger partial charge is 0.315 e. The van der Waals surface area contributed by atoms with Gasteiger partial charge in [0.1, 0.15) is 11.8 Å². The van der Waals surface area contributed by atoms with E-state index in [9.17, 15) is 14.7 Å². The third-order valence-corrected chi connectivity index (χ3v) is 5.93. The molecule has 144 valence electrons. The van der Waals surface area contributed by atoms with E-state index in [1.165, 1.54) is 4.90 Å². The van der Waals surface area contributed by atoms with Gasteiger partial charge in [0.25, 0.3) is 0 Å². The van der Waals surface area contributed by atoms with Crippen molar-refractivity contribution in [3.8, 4) is 5.69 Å². The van der Waals surface area contributed by atoms with Crippen LogP contribution in [-0.2, 0) is 4.79 Å². The Hall–Kier alpha value is -2.67. The predicted molar refractivity (Wildman–Crippen MR) is 101 cm³/mol. The van der Waals surface area contributed by atoms with E-state index in [0.29, 0.717) is 13.0 Å². The quantitative estimate of drug-likeness (QED) is 0.776. The topological polar surface area (TPSA) is 78.3 Å². The SMILES string of the molecule is CCN(C(=O)[O-])[C@@H]1C[C@H](C)[N+](C)(C(C)=O)c2ccc(-n3cnc(C)c3)cc21. The number of fused-ring (bicyclic) bond motifs is 1. The van der Waals surface area contributed by atoms with Crippen LogP contribution in [0, 0.1) is 6.92 Å². The molecule has 1 unspecified atom stereocenters. The van der Waals surface area contributed by atoms with Gasteiger partial charge in [-0.1, -0.05) is 0 Å². The van der Waals surface area contributed by atoms with E-state index in [4.69, 9.17) is 0 Å². The molecule has 27 heavy (non-hydrogen) atoms. The summed E-state index contributed by atoms with van der Waals surface area (Å²) in [4.78, 5) is 29.9. The molecule has 0 bridgehead atoms. The van der Waals surface area contributed by atoms with Crippen molar-refractivity contribution in [2.45, 2.75) is 46.2 Å². The van der Waals surface area contributed by atoms with Gasteiger partial charge < -0.3 is 19.4 Å². The van der Waals surface area contributed by atoms with Crippen LogP contribution in [0.25, 0.3) is 5.69 Å². The summed E-state index contributed by atoms with van der Waals surface area (Å²) < 4.78 is 2.05. The first-order valence-electron chi connectivity index (χ1n) is 9.20.